The molecule has 0 amide bonds. The molecule has 0 spiro atoms. The van der Waals surface area contributed by atoms with Crippen molar-refractivity contribution in [2.24, 2.45) is 0 Å². The number of hydrogen-bond acceptors (Lipinski definition) is 3. The molecule has 3 heteroatoms. The van der Waals surface area contributed by atoms with Crippen molar-refractivity contribution >= 4 is 0 Å². The van der Waals surface area contributed by atoms with Crippen LogP contribution >= 0.6 is 0 Å². The molecule has 1 N–H and O–H groups in total. The second-order valence-electron chi connectivity index (χ2n) is 3.53. The molecule has 3 nitrogen and oxygen atoms in total. The van der Waals surface area contributed by atoms with Gasteiger partial charge in [-0.15, -0.1) is 0 Å². The Morgan fingerprint density at radius 2 is 2.20 bits per heavy atom. The third kappa shape index (κ3) is 3.26. The first-order valence-electron chi connectivity index (χ1n) is 4.89. The van der Waals surface area contributed by atoms with Crippen LogP contribution in [-0.4, -0.2) is 17.8 Å². The molecule has 80 valence electrons. The van der Waals surface area contributed by atoms with Gasteiger partial charge in [-0.3, -0.25) is 0 Å². The molecule has 1 rings (SSSR count). The number of aryl methyl sites for hydroxylation is 1. The number of benzene rings is 1. The number of nitrogens with zero attached hydrogens (tertiary/aromatic N) is 1. The highest BCUT2D eigenvalue weighted by atomic mass is 16.5. The van der Waals surface area contributed by atoms with Crippen molar-refractivity contribution in [2.45, 2.75) is 26.4 Å². The van der Waals surface area contributed by atoms with Gasteiger partial charge in [0.1, 0.15) is 18.5 Å². The molecule has 0 aliphatic rings. The minimum Gasteiger partial charge on any atom is -0.491 e. The molecular formula is C12H15NO2. The van der Waals surface area contributed by atoms with Crippen molar-refractivity contribution in [2.75, 3.05) is 6.61 Å². The average molecular weight is 205 g/mol. The summed E-state index contributed by atoms with van der Waals surface area (Å²) in [6, 6.07) is 7.68. The molecule has 0 heterocycles. The molecule has 1 aromatic carbocycles. The Morgan fingerprint density at radius 3 is 2.87 bits per heavy atom. The molecule has 0 fully saturated rings. The van der Waals surface area contributed by atoms with Crippen LogP contribution in [0.25, 0.3) is 0 Å². The zero-order valence-corrected chi connectivity index (χ0v) is 9.03. The van der Waals surface area contributed by atoms with Crippen molar-refractivity contribution in [1.29, 1.82) is 5.26 Å². The first-order valence-corrected chi connectivity index (χ1v) is 4.89. The summed E-state index contributed by atoms with van der Waals surface area (Å²) in [6.45, 7) is 4.15. The third-order valence-electron chi connectivity index (χ3n) is 2.31. The van der Waals surface area contributed by atoms with E-state index in [1.54, 1.807) is 0 Å². The van der Waals surface area contributed by atoms with Crippen molar-refractivity contribution in [3.05, 3.63) is 29.3 Å². The van der Waals surface area contributed by atoms with E-state index in [0.29, 0.717) is 0 Å². The zero-order valence-electron chi connectivity index (χ0n) is 9.03. The molecule has 1 unspecified atom stereocenters. The van der Waals surface area contributed by atoms with Crippen molar-refractivity contribution in [1.82, 2.24) is 0 Å². The Hall–Kier alpha value is -1.53. The standard InChI is InChI=1S/C12H15NO2/c1-9-4-3-5-12(10(9)2)15-8-11(14)6-7-13/h3-5,11,14H,6,8H2,1-2H3. The van der Waals surface area contributed by atoms with E-state index in [0.717, 1.165) is 16.9 Å². The van der Waals surface area contributed by atoms with E-state index >= 15 is 0 Å². The van der Waals surface area contributed by atoms with E-state index in [-0.39, 0.29) is 13.0 Å². The highest BCUT2D eigenvalue weighted by Gasteiger charge is 2.06. The minimum absolute atomic E-state index is 0.102. The molecule has 0 saturated carbocycles. The fourth-order valence-corrected chi connectivity index (χ4v) is 1.23. The SMILES string of the molecule is Cc1cccc(OCC(O)CC#N)c1C. The Morgan fingerprint density at radius 1 is 1.47 bits per heavy atom. The smallest absolute Gasteiger partial charge is 0.122 e. The summed E-state index contributed by atoms with van der Waals surface area (Å²) >= 11 is 0. The van der Waals surface area contributed by atoms with Crippen molar-refractivity contribution in [3.8, 4) is 11.8 Å². The second-order valence-corrected chi connectivity index (χ2v) is 3.53. The number of aliphatic hydroxyl groups is 1. The van der Waals surface area contributed by atoms with Crippen molar-refractivity contribution < 1.29 is 9.84 Å². The molecule has 0 saturated heterocycles. The Bertz CT molecular complexity index is 368. The van der Waals surface area contributed by atoms with E-state index < -0.39 is 6.10 Å². The predicted octanol–water partition coefficient (Wildman–Crippen LogP) is 1.96. The largest absolute Gasteiger partial charge is 0.491 e. The summed E-state index contributed by atoms with van der Waals surface area (Å²) < 4.78 is 5.43. The third-order valence-corrected chi connectivity index (χ3v) is 2.31. The van der Waals surface area contributed by atoms with Crippen LogP contribution in [0.4, 0.5) is 0 Å². The summed E-state index contributed by atoms with van der Waals surface area (Å²) in [6.07, 6.45) is -0.611. The van der Waals surface area contributed by atoms with E-state index in [2.05, 4.69) is 0 Å². The average Bonchev–Trinajstić information content (AvgIpc) is 2.21. The fourth-order valence-electron chi connectivity index (χ4n) is 1.23. The minimum atomic E-state index is -0.713. The van der Waals surface area contributed by atoms with Gasteiger partial charge in [0.25, 0.3) is 0 Å². The molecule has 1 atom stereocenters. The molecule has 0 aromatic heterocycles. The van der Waals surface area contributed by atoms with Gasteiger partial charge in [0.15, 0.2) is 0 Å². The van der Waals surface area contributed by atoms with Gasteiger partial charge in [-0.2, -0.15) is 5.26 Å². The topological polar surface area (TPSA) is 53.2 Å². The first-order chi connectivity index (χ1) is 7.15. The summed E-state index contributed by atoms with van der Waals surface area (Å²) in [5.41, 5.74) is 2.23. The van der Waals surface area contributed by atoms with Crippen LogP contribution in [0.15, 0.2) is 18.2 Å². The van der Waals surface area contributed by atoms with Crippen LogP contribution in [0.2, 0.25) is 0 Å². The van der Waals surface area contributed by atoms with Crippen molar-refractivity contribution in [3.63, 3.8) is 0 Å². The van der Waals surface area contributed by atoms with Crippen LogP contribution in [0, 0.1) is 25.2 Å². The number of ether oxygens (including phenoxy) is 1. The Labute approximate surface area is 89.9 Å². The van der Waals surface area contributed by atoms with Gasteiger partial charge in [-0.1, -0.05) is 12.1 Å². The van der Waals surface area contributed by atoms with Gasteiger partial charge in [-0.25, -0.2) is 0 Å². The first kappa shape index (κ1) is 11.5. The van der Waals surface area contributed by atoms with Gasteiger partial charge in [-0.05, 0) is 31.0 Å². The molecule has 0 bridgehead atoms. The van der Waals surface area contributed by atoms with Gasteiger partial charge >= 0.3 is 0 Å². The molecule has 0 radical (unpaired) electrons. The maximum atomic E-state index is 9.32. The monoisotopic (exact) mass is 205 g/mol. The van der Waals surface area contributed by atoms with E-state index in [9.17, 15) is 5.11 Å². The maximum Gasteiger partial charge on any atom is 0.122 e. The lowest BCUT2D eigenvalue weighted by molar-refractivity contribution is 0.111. The number of aliphatic hydroxyl groups excluding tert-OH is 1. The van der Waals surface area contributed by atoms with Gasteiger partial charge in [0.05, 0.1) is 12.5 Å². The van der Waals surface area contributed by atoms with E-state index in [1.807, 2.05) is 38.1 Å². The lowest BCUT2D eigenvalue weighted by atomic mass is 10.1. The molecule has 15 heavy (non-hydrogen) atoms. The molecule has 0 aliphatic carbocycles. The van der Waals surface area contributed by atoms with Gasteiger partial charge in [0, 0.05) is 0 Å². The summed E-state index contributed by atoms with van der Waals surface area (Å²) in [5.74, 6) is 0.770. The summed E-state index contributed by atoms with van der Waals surface area (Å²) in [4.78, 5) is 0. The van der Waals surface area contributed by atoms with Crippen LogP contribution in [0.3, 0.4) is 0 Å². The predicted molar refractivity (Wildman–Crippen MR) is 57.6 cm³/mol. The van der Waals surface area contributed by atoms with Crippen LogP contribution in [-0.2, 0) is 0 Å². The Kier molecular flexibility index (Phi) is 4.14. The van der Waals surface area contributed by atoms with Crippen LogP contribution in [0.1, 0.15) is 17.5 Å². The van der Waals surface area contributed by atoms with E-state index in [4.69, 9.17) is 10.00 Å². The quantitative estimate of drug-likeness (QED) is 0.817. The fraction of sp³-hybridized carbons (Fsp3) is 0.417. The molecule has 0 aliphatic heterocycles. The normalized spacial score (nSPS) is 11.9. The van der Waals surface area contributed by atoms with Crippen LogP contribution < -0.4 is 4.74 Å². The molecule has 1 aromatic rings. The zero-order chi connectivity index (χ0) is 11.3. The second kappa shape index (κ2) is 5.38. The van der Waals surface area contributed by atoms with Gasteiger partial charge < -0.3 is 9.84 Å². The van der Waals surface area contributed by atoms with E-state index in [1.165, 1.54) is 0 Å². The maximum absolute atomic E-state index is 9.32. The number of nitriles is 1. The molecular weight excluding hydrogens is 190 g/mol. The highest BCUT2D eigenvalue weighted by molar-refractivity contribution is 5.38. The number of rotatable bonds is 4. The lowest BCUT2D eigenvalue weighted by Gasteiger charge is -2.12. The Balaban J connectivity index is 2.58. The van der Waals surface area contributed by atoms with Gasteiger partial charge in [0.2, 0.25) is 0 Å². The lowest BCUT2D eigenvalue weighted by Crippen LogP contribution is -2.17. The summed E-state index contributed by atoms with van der Waals surface area (Å²) in [5, 5.41) is 17.7. The van der Waals surface area contributed by atoms with Crippen LogP contribution in [0.5, 0.6) is 5.75 Å². The highest BCUT2D eigenvalue weighted by Crippen LogP contribution is 2.20. The number of hydrogen-bond donors (Lipinski definition) is 1. The summed E-state index contributed by atoms with van der Waals surface area (Å²) in [7, 11) is 0.